The number of nitrogens with zero attached hydrogens (tertiary/aromatic N) is 2. The van der Waals surface area contributed by atoms with Gasteiger partial charge in [0.1, 0.15) is 18.0 Å². The third-order valence-electron chi connectivity index (χ3n) is 2.88. The van der Waals surface area contributed by atoms with Crippen LogP contribution in [-0.2, 0) is 0 Å². The number of aromatic nitrogens is 2. The SMILES string of the molecule is CNc1ncnc(Nc2cc(Br)ccc2Cl)c1C(C)C. The monoisotopic (exact) mass is 354 g/mol. The fourth-order valence-electron chi connectivity index (χ4n) is 1.96. The molecular formula is C14H16BrClN4. The number of anilines is 3. The van der Waals surface area contributed by atoms with E-state index in [1.54, 1.807) is 0 Å². The molecule has 0 aliphatic carbocycles. The quantitative estimate of drug-likeness (QED) is 0.827. The fraction of sp³-hybridized carbons (Fsp3) is 0.286. The van der Waals surface area contributed by atoms with Crippen LogP contribution < -0.4 is 10.6 Å². The molecule has 0 radical (unpaired) electrons. The van der Waals surface area contributed by atoms with Gasteiger partial charge < -0.3 is 10.6 Å². The van der Waals surface area contributed by atoms with E-state index in [4.69, 9.17) is 11.6 Å². The van der Waals surface area contributed by atoms with Crippen LogP contribution in [0.1, 0.15) is 25.3 Å². The van der Waals surface area contributed by atoms with Crippen LogP contribution in [0.5, 0.6) is 0 Å². The van der Waals surface area contributed by atoms with E-state index in [2.05, 4.69) is 50.4 Å². The normalized spacial score (nSPS) is 10.7. The molecule has 1 aromatic heterocycles. The minimum Gasteiger partial charge on any atom is -0.373 e. The lowest BCUT2D eigenvalue weighted by molar-refractivity contribution is 0.852. The van der Waals surface area contributed by atoms with Crippen molar-refractivity contribution < 1.29 is 0 Å². The lowest BCUT2D eigenvalue weighted by Crippen LogP contribution is -2.07. The molecule has 2 N–H and O–H groups in total. The minimum atomic E-state index is 0.284. The molecular weight excluding hydrogens is 340 g/mol. The summed E-state index contributed by atoms with van der Waals surface area (Å²) in [5.41, 5.74) is 1.84. The van der Waals surface area contributed by atoms with Gasteiger partial charge in [0.15, 0.2) is 0 Å². The van der Waals surface area contributed by atoms with Crippen molar-refractivity contribution in [3.63, 3.8) is 0 Å². The van der Waals surface area contributed by atoms with E-state index in [0.29, 0.717) is 5.02 Å². The molecule has 1 aromatic carbocycles. The van der Waals surface area contributed by atoms with Crippen LogP contribution in [0.4, 0.5) is 17.3 Å². The van der Waals surface area contributed by atoms with Gasteiger partial charge in [-0.05, 0) is 24.1 Å². The maximum atomic E-state index is 6.21. The summed E-state index contributed by atoms with van der Waals surface area (Å²) in [5, 5.41) is 7.03. The van der Waals surface area contributed by atoms with E-state index in [1.807, 2.05) is 25.2 Å². The first-order valence-electron chi connectivity index (χ1n) is 6.27. The highest BCUT2D eigenvalue weighted by atomic mass is 79.9. The smallest absolute Gasteiger partial charge is 0.139 e. The average Bonchev–Trinajstić information content (AvgIpc) is 2.42. The van der Waals surface area contributed by atoms with Crippen molar-refractivity contribution in [2.75, 3.05) is 17.7 Å². The molecule has 106 valence electrons. The Hall–Kier alpha value is -1.33. The largest absolute Gasteiger partial charge is 0.373 e. The molecule has 4 nitrogen and oxygen atoms in total. The highest BCUT2D eigenvalue weighted by molar-refractivity contribution is 9.10. The van der Waals surface area contributed by atoms with Gasteiger partial charge in [-0.3, -0.25) is 0 Å². The van der Waals surface area contributed by atoms with Gasteiger partial charge in [-0.1, -0.05) is 41.4 Å². The topological polar surface area (TPSA) is 49.8 Å². The van der Waals surface area contributed by atoms with Crippen molar-refractivity contribution in [1.29, 1.82) is 0 Å². The molecule has 0 saturated carbocycles. The summed E-state index contributed by atoms with van der Waals surface area (Å²) in [5.74, 6) is 1.87. The van der Waals surface area contributed by atoms with Crippen LogP contribution in [0.2, 0.25) is 5.02 Å². The van der Waals surface area contributed by atoms with Crippen LogP contribution in [0.25, 0.3) is 0 Å². The standard InChI is InChI=1S/C14H16BrClN4/c1-8(2)12-13(17-3)18-7-19-14(12)20-11-6-9(15)4-5-10(11)16/h4-8H,1-3H3,(H2,17,18,19,20). The van der Waals surface area contributed by atoms with E-state index in [0.717, 1.165) is 27.4 Å². The highest BCUT2D eigenvalue weighted by Crippen LogP contribution is 2.33. The first kappa shape index (κ1) is 15.1. The summed E-state index contributed by atoms with van der Waals surface area (Å²) in [6.45, 7) is 4.21. The molecule has 0 spiro atoms. The number of nitrogens with one attached hydrogen (secondary N) is 2. The Bertz CT molecular complexity index is 616. The van der Waals surface area contributed by atoms with Gasteiger partial charge in [0, 0.05) is 17.1 Å². The number of hydrogen-bond acceptors (Lipinski definition) is 4. The van der Waals surface area contributed by atoms with Gasteiger partial charge in [-0.25, -0.2) is 9.97 Å². The molecule has 6 heteroatoms. The van der Waals surface area contributed by atoms with Crippen LogP contribution in [-0.4, -0.2) is 17.0 Å². The molecule has 0 unspecified atom stereocenters. The lowest BCUT2D eigenvalue weighted by atomic mass is 10.0. The van der Waals surface area contributed by atoms with Crippen LogP contribution >= 0.6 is 27.5 Å². The van der Waals surface area contributed by atoms with Crippen molar-refractivity contribution in [1.82, 2.24) is 9.97 Å². The second kappa shape index (κ2) is 6.41. The number of hydrogen-bond donors (Lipinski definition) is 2. The van der Waals surface area contributed by atoms with Gasteiger partial charge in [-0.15, -0.1) is 0 Å². The van der Waals surface area contributed by atoms with Gasteiger partial charge in [0.25, 0.3) is 0 Å². The van der Waals surface area contributed by atoms with Crippen molar-refractivity contribution in [3.05, 3.63) is 39.6 Å². The molecule has 1 heterocycles. The molecule has 0 amide bonds. The molecule has 0 aliphatic heterocycles. The molecule has 0 aliphatic rings. The summed E-state index contributed by atoms with van der Waals surface area (Å²) in [6, 6.07) is 5.66. The Morgan fingerprint density at radius 2 is 1.90 bits per heavy atom. The third kappa shape index (κ3) is 3.22. The molecule has 0 atom stereocenters. The zero-order valence-corrected chi connectivity index (χ0v) is 13.9. The van der Waals surface area contributed by atoms with Gasteiger partial charge in [0.05, 0.1) is 10.7 Å². The van der Waals surface area contributed by atoms with Crippen molar-refractivity contribution in [3.8, 4) is 0 Å². The number of halogens is 2. The van der Waals surface area contributed by atoms with Crippen molar-refractivity contribution in [2.24, 2.45) is 0 Å². The second-order valence-corrected chi connectivity index (χ2v) is 5.96. The Balaban J connectivity index is 2.45. The van der Waals surface area contributed by atoms with E-state index < -0.39 is 0 Å². The maximum Gasteiger partial charge on any atom is 0.139 e. The fourth-order valence-corrected chi connectivity index (χ4v) is 2.49. The van der Waals surface area contributed by atoms with Crippen LogP contribution in [0.3, 0.4) is 0 Å². The van der Waals surface area contributed by atoms with Gasteiger partial charge in [0.2, 0.25) is 0 Å². The van der Waals surface area contributed by atoms with Crippen LogP contribution in [0.15, 0.2) is 29.0 Å². The Kier molecular flexibility index (Phi) is 4.83. The Morgan fingerprint density at radius 3 is 2.55 bits per heavy atom. The molecule has 0 fully saturated rings. The zero-order chi connectivity index (χ0) is 14.7. The first-order chi connectivity index (χ1) is 9.52. The predicted molar refractivity (Wildman–Crippen MR) is 88.1 cm³/mol. The van der Waals surface area contributed by atoms with E-state index in [1.165, 1.54) is 6.33 Å². The predicted octanol–water partition coefficient (Wildman–Crippen LogP) is 4.80. The van der Waals surface area contributed by atoms with E-state index in [9.17, 15) is 0 Å². The lowest BCUT2D eigenvalue weighted by Gasteiger charge is -2.17. The number of benzene rings is 1. The van der Waals surface area contributed by atoms with Crippen molar-refractivity contribution >= 4 is 44.9 Å². The maximum absolute atomic E-state index is 6.21. The number of rotatable bonds is 4. The summed E-state index contributed by atoms with van der Waals surface area (Å²) in [7, 11) is 1.85. The van der Waals surface area contributed by atoms with Gasteiger partial charge in [-0.2, -0.15) is 0 Å². The third-order valence-corrected chi connectivity index (χ3v) is 3.70. The summed E-state index contributed by atoms with van der Waals surface area (Å²) < 4.78 is 0.957. The molecule has 2 aromatic rings. The summed E-state index contributed by atoms with van der Waals surface area (Å²) >= 11 is 9.65. The molecule has 0 bridgehead atoms. The van der Waals surface area contributed by atoms with Crippen LogP contribution in [0, 0.1) is 0 Å². The van der Waals surface area contributed by atoms with Crippen molar-refractivity contribution in [2.45, 2.75) is 19.8 Å². The molecule has 0 saturated heterocycles. The average molecular weight is 356 g/mol. The summed E-state index contributed by atoms with van der Waals surface area (Å²) in [4.78, 5) is 8.59. The zero-order valence-electron chi connectivity index (χ0n) is 11.5. The van der Waals surface area contributed by atoms with Gasteiger partial charge >= 0.3 is 0 Å². The van der Waals surface area contributed by atoms with E-state index in [-0.39, 0.29) is 5.92 Å². The summed E-state index contributed by atoms with van der Waals surface area (Å²) in [6.07, 6.45) is 1.53. The Morgan fingerprint density at radius 1 is 1.20 bits per heavy atom. The molecule has 20 heavy (non-hydrogen) atoms. The Labute approximate surface area is 132 Å². The first-order valence-corrected chi connectivity index (χ1v) is 7.44. The minimum absolute atomic E-state index is 0.284. The molecule has 2 rings (SSSR count). The van der Waals surface area contributed by atoms with E-state index >= 15 is 0 Å². The highest BCUT2D eigenvalue weighted by Gasteiger charge is 2.15. The second-order valence-electron chi connectivity index (χ2n) is 4.64.